The van der Waals surface area contributed by atoms with Gasteiger partial charge in [-0.1, -0.05) is 17.7 Å². The van der Waals surface area contributed by atoms with E-state index >= 15 is 0 Å². The molecule has 4 aromatic rings. The number of nitrogens with one attached hydrogen (secondary N) is 1. The number of benzene rings is 2. The Labute approximate surface area is 214 Å². The topological polar surface area (TPSA) is 59.8 Å². The first kappa shape index (κ1) is 23.2. The van der Waals surface area contributed by atoms with Gasteiger partial charge in [-0.05, 0) is 85.9 Å². The number of thiocarbonyl (C=S) groups is 1. The minimum absolute atomic E-state index is 0.219. The second kappa shape index (κ2) is 9.98. The highest BCUT2D eigenvalue weighted by Gasteiger charge is 2.42. The SMILES string of the molecule is CCOc1ccc(-c2ccc([C@H]3[C@@H](c4ccccn4)NC(=S)N3c3ccc(OC)c(Cl)c3)o2)cc1. The number of methoxy groups -OCH3 is 1. The first-order valence-corrected chi connectivity index (χ1v) is 12.0. The average Bonchev–Trinajstić information content (AvgIpc) is 3.50. The summed E-state index contributed by atoms with van der Waals surface area (Å²) >= 11 is 12.2. The Balaban J connectivity index is 1.55. The molecule has 8 heteroatoms. The Bertz CT molecular complexity index is 1330. The van der Waals surface area contributed by atoms with Crippen molar-refractivity contribution in [1.82, 2.24) is 10.3 Å². The highest BCUT2D eigenvalue weighted by molar-refractivity contribution is 7.80. The minimum Gasteiger partial charge on any atom is -0.495 e. The lowest BCUT2D eigenvalue weighted by atomic mass is 10.0. The fraction of sp³-hybridized carbons (Fsp3) is 0.185. The van der Waals surface area contributed by atoms with Gasteiger partial charge in [0, 0.05) is 17.4 Å². The standard InChI is InChI=1S/C27H24ClN3O3S/c1-3-33-19-10-7-17(8-11-19)22-13-14-24(34-22)26-25(21-6-4-5-15-29-21)30-27(35)31(26)18-9-12-23(32-2)20(28)16-18/h4-16,25-26H,3H2,1-2H3,(H,30,35)/t25-,26+/m1/s1. The zero-order chi connectivity index (χ0) is 24.4. The van der Waals surface area contributed by atoms with Crippen molar-refractivity contribution in [3.8, 4) is 22.8 Å². The van der Waals surface area contributed by atoms with E-state index in [4.69, 9.17) is 37.7 Å². The molecule has 1 N–H and O–H groups in total. The molecule has 0 spiro atoms. The van der Waals surface area contributed by atoms with Gasteiger partial charge in [-0.2, -0.15) is 0 Å². The van der Waals surface area contributed by atoms with Crippen molar-refractivity contribution in [3.63, 3.8) is 0 Å². The van der Waals surface area contributed by atoms with E-state index < -0.39 is 0 Å². The normalized spacial score (nSPS) is 17.3. The highest BCUT2D eigenvalue weighted by Crippen LogP contribution is 2.44. The van der Waals surface area contributed by atoms with Crippen LogP contribution in [-0.4, -0.2) is 23.8 Å². The van der Waals surface area contributed by atoms with Gasteiger partial charge in [-0.15, -0.1) is 0 Å². The summed E-state index contributed by atoms with van der Waals surface area (Å²) in [6, 6.07) is 22.8. The Kier molecular flexibility index (Phi) is 6.61. The Morgan fingerprint density at radius 1 is 1.09 bits per heavy atom. The van der Waals surface area contributed by atoms with E-state index in [1.54, 1.807) is 13.3 Å². The van der Waals surface area contributed by atoms with E-state index in [2.05, 4.69) is 10.3 Å². The molecule has 2 atom stereocenters. The summed E-state index contributed by atoms with van der Waals surface area (Å²) in [5.41, 5.74) is 2.65. The molecule has 2 aromatic carbocycles. The van der Waals surface area contributed by atoms with Crippen molar-refractivity contribution >= 4 is 34.6 Å². The van der Waals surface area contributed by atoms with Crippen LogP contribution in [0.25, 0.3) is 11.3 Å². The van der Waals surface area contributed by atoms with E-state index in [-0.39, 0.29) is 12.1 Å². The fourth-order valence-electron chi connectivity index (χ4n) is 4.28. The molecule has 0 amide bonds. The summed E-state index contributed by atoms with van der Waals surface area (Å²) in [6.07, 6.45) is 1.78. The van der Waals surface area contributed by atoms with Gasteiger partial charge in [-0.3, -0.25) is 4.98 Å². The summed E-state index contributed by atoms with van der Waals surface area (Å²) in [4.78, 5) is 6.60. The molecule has 0 radical (unpaired) electrons. The van der Waals surface area contributed by atoms with Crippen LogP contribution in [0, 0.1) is 0 Å². The number of anilines is 1. The maximum Gasteiger partial charge on any atom is 0.174 e. The van der Waals surface area contributed by atoms with Crippen LogP contribution >= 0.6 is 23.8 Å². The molecule has 0 saturated carbocycles. The van der Waals surface area contributed by atoms with Crippen LogP contribution in [0.15, 0.2) is 83.4 Å². The first-order valence-electron chi connectivity index (χ1n) is 11.3. The van der Waals surface area contributed by atoms with Crippen LogP contribution in [0.2, 0.25) is 5.02 Å². The van der Waals surface area contributed by atoms with Crippen molar-refractivity contribution in [3.05, 3.63) is 95.5 Å². The third-order valence-corrected chi connectivity index (χ3v) is 6.49. The molecule has 6 nitrogen and oxygen atoms in total. The van der Waals surface area contributed by atoms with Gasteiger partial charge >= 0.3 is 0 Å². The number of furan rings is 1. The number of nitrogens with zero attached hydrogens (tertiary/aromatic N) is 2. The smallest absolute Gasteiger partial charge is 0.174 e. The number of hydrogen-bond donors (Lipinski definition) is 1. The second-order valence-electron chi connectivity index (χ2n) is 7.97. The van der Waals surface area contributed by atoms with E-state index in [9.17, 15) is 0 Å². The molecule has 2 aromatic heterocycles. The van der Waals surface area contributed by atoms with Gasteiger partial charge in [0.1, 0.15) is 29.1 Å². The third-order valence-electron chi connectivity index (χ3n) is 5.88. The lowest BCUT2D eigenvalue weighted by Gasteiger charge is -2.26. The maximum absolute atomic E-state index is 6.46. The Morgan fingerprint density at radius 3 is 2.60 bits per heavy atom. The monoisotopic (exact) mass is 505 g/mol. The molecule has 0 aliphatic carbocycles. The van der Waals surface area contributed by atoms with Crippen LogP contribution in [0.3, 0.4) is 0 Å². The maximum atomic E-state index is 6.46. The van der Waals surface area contributed by atoms with Gasteiger partial charge in [0.2, 0.25) is 0 Å². The minimum atomic E-state index is -0.279. The van der Waals surface area contributed by atoms with E-state index in [0.717, 1.165) is 34.2 Å². The summed E-state index contributed by atoms with van der Waals surface area (Å²) in [5.74, 6) is 2.94. The largest absolute Gasteiger partial charge is 0.495 e. The van der Waals surface area contributed by atoms with Crippen molar-refractivity contribution in [2.24, 2.45) is 0 Å². The molecule has 1 aliphatic heterocycles. The van der Waals surface area contributed by atoms with Gasteiger partial charge in [-0.25, -0.2) is 0 Å². The number of ether oxygens (including phenoxy) is 2. The molecule has 0 unspecified atom stereocenters. The molecule has 3 heterocycles. The summed E-state index contributed by atoms with van der Waals surface area (Å²) in [6.45, 7) is 2.59. The van der Waals surface area contributed by atoms with Gasteiger partial charge in [0.25, 0.3) is 0 Å². The zero-order valence-corrected chi connectivity index (χ0v) is 20.8. The lowest BCUT2D eigenvalue weighted by Crippen LogP contribution is -2.29. The van der Waals surface area contributed by atoms with Crippen molar-refractivity contribution in [2.75, 3.05) is 18.6 Å². The van der Waals surface area contributed by atoms with E-state index in [0.29, 0.717) is 22.5 Å². The molecule has 178 valence electrons. The molecule has 5 rings (SSSR count). The van der Waals surface area contributed by atoms with E-state index in [1.807, 2.05) is 84.6 Å². The highest BCUT2D eigenvalue weighted by atomic mass is 35.5. The van der Waals surface area contributed by atoms with Gasteiger partial charge < -0.3 is 24.1 Å². The second-order valence-corrected chi connectivity index (χ2v) is 8.77. The zero-order valence-electron chi connectivity index (χ0n) is 19.3. The molecule has 1 fully saturated rings. The van der Waals surface area contributed by atoms with E-state index in [1.165, 1.54) is 0 Å². The predicted molar refractivity (Wildman–Crippen MR) is 141 cm³/mol. The van der Waals surface area contributed by atoms with Crippen LogP contribution in [0.1, 0.15) is 30.5 Å². The average molecular weight is 506 g/mol. The van der Waals surface area contributed by atoms with Crippen molar-refractivity contribution < 1.29 is 13.9 Å². The van der Waals surface area contributed by atoms with Crippen LogP contribution in [0.4, 0.5) is 5.69 Å². The van der Waals surface area contributed by atoms with Crippen molar-refractivity contribution in [1.29, 1.82) is 0 Å². The summed E-state index contributed by atoms with van der Waals surface area (Å²) < 4.78 is 17.3. The summed E-state index contributed by atoms with van der Waals surface area (Å²) in [5, 5.41) is 4.49. The molecule has 1 saturated heterocycles. The number of pyridine rings is 1. The fourth-order valence-corrected chi connectivity index (χ4v) is 4.87. The first-order chi connectivity index (χ1) is 17.1. The third kappa shape index (κ3) is 4.57. The van der Waals surface area contributed by atoms with Crippen LogP contribution < -0.4 is 19.7 Å². The summed E-state index contributed by atoms with van der Waals surface area (Å²) in [7, 11) is 1.59. The quantitative estimate of drug-likeness (QED) is 0.285. The number of rotatable bonds is 7. The molecular weight excluding hydrogens is 482 g/mol. The predicted octanol–water partition coefficient (Wildman–Crippen LogP) is 6.58. The van der Waals surface area contributed by atoms with Crippen molar-refractivity contribution in [2.45, 2.75) is 19.0 Å². The number of halogens is 1. The Morgan fingerprint density at radius 2 is 1.91 bits per heavy atom. The molecule has 35 heavy (non-hydrogen) atoms. The molecule has 0 bridgehead atoms. The van der Waals surface area contributed by atoms with Crippen LogP contribution in [-0.2, 0) is 0 Å². The van der Waals surface area contributed by atoms with Gasteiger partial charge in [0.15, 0.2) is 5.11 Å². The Hall–Kier alpha value is -3.55. The molecule has 1 aliphatic rings. The lowest BCUT2D eigenvalue weighted by molar-refractivity contribution is 0.340. The number of hydrogen-bond acceptors (Lipinski definition) is 5. The number of aromatic nitrogens is 1. The van der Waals surface area contributed by atoms with Gasteiger partial charge in [0.05, 0.1) is 30.5 Å². The van der Waals surface area contributed by atoms with Crippen LogP contribution in [0.5, 0.6) is 11.5 Å². The molecular formula is C27H24ClN3O3S.